The lowest BCUT2D eigenvalue weighted by atomic mass is 10.2. The highest BCUT2D eigenvalue weighted by molar-refractivity contribution is 5.96. The molecule has 1 N–H and O–H groups in total. The van der Waals surface area contributed by atoms with Gasteiger partial charge in [0.2, 0.25) is 5.88 Å². The van der Waals surface area contributed by atoms with Crippen LogP contribution < -0.4 is 10.1 Å². The zero-order valence-electron chi connectivity index (χ0n) is 14.6. The average Bonchev–Trinajstić information content (AvgIpc) is 3.13. The number of nitrogens with one attached hydrogen (secondary N) is 1. The van der Waals surface area contributed by atoms with Crippen molar-refractivity contribution in [1.82, 2.24) is 24.9 Å². The van der Waals surface area contributed by atoms with E-state index in [2.05, 4.69) is 20.5 Å². The molecule has 0 radical (unpaired) electrons. The van der Waals surface area contributed by atoms with E-state index in [1.807, 2.05) is 53.9 Å². The van der Waals surface area contributed by atoms with Crippen molar-refractivity contribution in [3.05, 3.63) is 84.4 Å². The lowest BCUT2D eigenvalue weighted by Crippen LogP contribution is -2.28. The molecule has 7 nitrogen and oxygen atoms in total. The maximum atomic E-state index is 12.8. The fraction of sp³-hybridized carbons (Fsp3) is 0.100. The molecule has 0 spiro atoms. The number of carbonyl (C=O) groups excluding carboxylic acids is 1. The molecule has 0 aliphatic carbocycles. The molecule has 1 atom stereocenters. The van der Waals surface area contributed by atoms with Crippen LogP contribution in [0.5, 0.6) is 11.6 Å². The fourth-order valence-electron chi connectivity index (χ4n) is 2.74. The van der Waals surface area contributed by atoms with E-state index in [1.165, 1.54) is 0 Å². The Morgan fingerprint density at radius 1 is 1.04 bits per heavy atom. The zero-order chi connectivity index (χ0) is 18.6. The Morgan fingerprint density at radius 2 is 1.85 bits per heavy atom. The van der Waals surface area contributed by atoms with Crippen LogP contribution in [0.1, 0.15) is 29.1 Å². The second kappa shape index (κ2) is 7.25. The monoisotopic (exact) mass is 359 g/mol. The average molecular weight is 359 g/mol. The maximum absolute atomic E-state index is 12.8. The molecule has 3 heterocycles. The first-order valence-corrected chi connectivity index (χ1v) is 8.51. The number of hydrogen-bond donors (Lipinski definition) is 1. The van der Waals surface area contributed by atoms with Crippen molar-refractivity contribution in [2.24, 2.45) is 0 Å². The summed E-state index contributed by atoms with van der Waals surface area (Å²) in [5.74, 6) is 1.21. The fourth-order valence-corrected chi connectivity index (χ4v) is 2.74. The van der Waals surface area contributed by atoms with Gasteiger partial charge in [-0.25, -0.2) is 4.98 Å². The second-order valence-electron chi connectivity index (χ2n) is 5.95. The van der Waals surface area contributed by atoms with Crippen LogP contribution in [0.25, 0.3) is 5.65 Å². The summed E-state index contributed by atoms with van der Waals surface area (Å²) in [6, 6.07) is 17.9. The third-order valence-corrected chi connectivity index (χ3v) is 4.05. The van der Waals surface area contributed by atoms with Gasteiger partial charge >= 0.3 is 0 Å². The van der Waals surface area contributed by atoms with Gasteiger partial charge in [0, 0.05) is 12.4 Å². The molecular formula is C20H17N5O2. The first-order valence-electron chi connectivity index (χ1n) is 8.51. The van der Waals surface area contributed by atoms with Crippen molar-refractivity contribution in [3.8, 4) is 11.6 Å². The summed E-state index contributed by atoms with van der Waals surface area (Å²) in [6.07, 6.45) is 3.45. The third kappa shape index (κ3) is 3.48. The smallest absolute Gasteiger partial charge is 0.257 e. The number of benzene rings is 1. The minimum absolute atomic E-state index is 0.250. The van der Waals surface area contributed by atoms with Crippen LogP contribution in [-0.4, -0.2) is 25.5 Å². The number of amides is 1. The van der Waals surface area contributed by atoms with E-state index in [1.54, 1.807) is 30.5 Å². The molecule has 0 saturated heterocycles. The maximum Gasteiger partial charge on any atom is 0.257 e. The van der Waals surface area contributed by atoms with Gasteiger partial charge in [-0.05, 0) is 43.3 Å². The molecule has 3 aromatic heterocycles. The van der Waals surface area contributed by atoms with E-state index >= 15 is 0 Å². The minimum Gasteiger partial charge on any atom is -0.438 e. The molecule has 134 valence electrons. The molecule has 4 rings (SSSR count). The van der Waals surface area contributed by atoms with Crippen molar-refractivity contribution >= 4 is 11.6 Å². The number of rotatable bonds is 5. The largest absolute Gasteiger partial charge is 0.438 e. The first-order chi connectivity index (χ1) is 13.2. The number of fused-ring (bicyclic) bond motifs is 1. The Balaban J connectivity index is 1.56. The first kappa shape index (κ1) is 16.7. The van der Waals surface area contributed by atoms with Gasteiger partial charge in [-0.2, -0.15) is 0 Å². The van der Waals surface area contributed by atoms with Crippen LogP contribution in [0.4, 0.5) is 0 Å². The quantitative estimate of drug-likeness (QED) is 0.590. The number of ether oxygens (including phenoxy) is 1. The zero-order valence-corrected chi connectivity index (χ0v) is 14.6. The van der Waals surface area contributed by atoms with Gasteiger partial charge < -0.3 is 10.1 Å². The van der Waals surface area contributed by atoms with Gasteiger partial charge in [-0.3, -0.25) is 9.20 Å². The van der Waals surface area contributed by atoms with Crippen molar-refractivity contribution in [1.29, 1.82) is 0 Å². The minimum atomic E-state index is -0.348. The highest BCUT2D eigenvalue weighted by Crippen LogP contribution is 2.23. The second-order valence-corrected chi connectivity index (χ2v) is 5.95. The molecule has 4 aromatic rings. The normalized spacial score (nSPS) is 11.9. The lowest BCUT2D eigenvalue weighted by molar-refractivity contribution is 0.0935. The molecule has 7 heteroatoms. The van der Waals surface area contributed by atoms with Crippen LogP contribution >= 0.6 is 0 Å². The van der Waals surface area contributed by atoms with Crippen molar-refractivity contribution < 1.29 is 9.53 Å². The molecule has 0 aliphatic heterocycles. The third-order valence-electron chi connectivity index (χ3n) is 4.05. The van der Waals surface area contributed by atoms with Gasteiger partial charge in [-0.15, -0.1) is 10.2 Å². The summed E-state index contributed by atoms with van der Waals surface area (Å²) in [5, 5.41) is 11.2. The lowest BCUT2D eigenvalue weighted by Gasteiger charge is -2.14. The molecule has 1 amide bonds. The van der Waals surface area contributed by atoms with Crippen LogP contribution in [0.2, 0.25) is 0 Å². The van der Waals surface area contributed by atoms with E-state index in [0.717, 1.165) is 5.65 Å². The number of carbonyl (C=O) groups is 1. The highest BCUT2D eigenvalue weighted by atomic mass is 16.5. The van der Waals surface area contributed by atoms with Crippen LogP contribution in [0, 0.1) is 0 Å². The van der Waals surface area contributed by atoms with Crippen molar-refractivity contribution in [2.45, 2.75) is 13.0 Å². The molecule has 0 bridgehead atoms. The number of nitrogens with zero attached hydrogens (tertiary/aromatic N) is 4. The Hall–Kier alpha value is -3.74. The Bertz CT molecular complexity index is 1080. The number of para-hydroxylation sites is 1. The van der Waals surface area contributed by atoms with Gasteiger partial charge in [0.15, 0.2) is 11.5 Å². The topological polar surface area (TPSA) is 81.4 Å². The molecular weight excluding hydrogens is 342 g/mol. The molecule has 1 aromatic carbocycles. The van der Waals surface area contributed by atoms with E-state index in [4.69, 9.17) is 4.74 Å². The number of aromatic nitrogens is 4. The molecule has 0 saturated carbocycles. The van der Waals surface area contributed by atoms with Crippen molar-refractivity contribution in [2.75, 3.05) is 0 Å². The van der Waals surface area contributed by atoms with Gasteiger partial charge in [-0.1, -0.05) is 24.3 Å². The van der Waals surface area contributed by atoms with E-state index in [9.17, 15) is 4.79 Å². The Labute approximate surface area is 155 Å². The molecule has 27 heavy (non-hydrogen) atoms. The summed E-state index contributed by atoms with van der Waals surface area (Å²) in [5.41, 5.74) is 1.07. The van der Waals surface area contributed by atoms with Gasteiger partial charge in [0.1, 0.15) is 11.3 Å². The Kier molecular flexibility index (Phi) is 4.49. The predicted octanol–water partition coefficient (Wildman–Crippen LogP) is 3.41. The number of pyridine rings is 2. The van der Waals surface area contributed by atoms with E-state index in [0.29, 0.717) is 17.1 Å². The summed E-state index contributed by atoms with van der Waals surface area (Å²) in [7, 11) is 0. The van der Waals surface area contributed by atoms with E-state index in [-0.39, 0.29) is 17.8 Å². The molecule has 0 fully saturated rings. The van der Waals surface area contributed by atoms with Gasteiger partial charge in [0.25, 0.3) is 5.91 Å². The van der Waals surface area contributed by atoms with E-state index < -0.39 is 0 Å². The van der Waals surface area contributed by atoms with Crippen molar-refractivity contribution in [3.63, 3.8) is 0 Å². The van der Waals surface area contributed by atoms with Crippen LogP contribution in [-0.2, 0) is 0 Å². The summed E-state index contributed by atoms with van der Waals surface area (Å²) >= 11 is 0. The Morgan fingerprint density at radius 3 is 2.70 bits per heavy atom. The summed E-state index contributed by atoms with van der Waals surface area (Å²) < 4.78 is 7.61. The number of hydrogen-bond acceptors (Lipinski definition) is 5. The molecule has 0 unspecified atom stereocenters. The van der Waals surface area contributed by atoms with Crippen LogP contribution in [0.15, 0.2) is 73.1 Å². The summed E-state index contributed by atoms with van der Waals surface area (Å²) in [4.78, 5) is 17.0. The SMILES string of the molecule is C[C@H](NC(=O)c1cccnc1Oc1ccccc1)c1nnc2ccccn12. The summed E-state index contributed by atoms with van der Waals surface area (Å²) in [6.45, 7) is 1.86. The van der Waals surface area contributed by atoms with Crippen LogP contribution in [0.3, 0.4) is 0 Å². The highest BCUT2D eigenvalue weighted by Gasteiger charge is 2.20. The molecule has 0 aliphatic rings. The standard InChI is InChI=1S/C20H17N5O2/c1-14(18-24-23-17-11-5-6-13-25(17)18)22-19(26)16-10-7-12-21-20(16)27-15-8-3-2-4-9-15/h2-14H,1H3,(H,22,26)/t14-/m0/s1. The van der Waals surface area contributed by atoms with Gasteiger partial charge in [0.05, 0.1) is 6.04 Å². The predicted molar refractivity (Wildman–Crippen MR) is 99.6 cm³/mol.